The smallest absolute Gasteiger partial charge is 0.277 e. The standard InChI is InChI=1S/C17H14BrFN4O2/c1-2-25-16-8-3-11(18)9-14(16)20-17(24)15-10-23(22-21-15)13-6-4-12(19)5-7-13/h3-10H,2H2,1H3,(H,20,24). The Labute approximate surface area is 151 Å². The number of amides is 1. The van der Waals surface area contributed by atoms with Crippen LogP contribution < -0.4 is 10.1 Å². The van der Waals surface area contributed by atoms with Gasteiger partial charge < -0.3 is 10.1 Å². The van der Waals surface area contributed by atoms with Gasteiger partial charge in [0.1, 0.15) is 11.6 Å². The van der Waals surface area contributed by atoms with E-state index in [1.165, 1.54) is 23.0 Å². The van der Waals surface area contributed by atoms with Crippen molar-refractivity contribution in [2.24, 2.45) is 0 Å². The third-order valence-corrected chi connectivity index (χ3v) is 3.80. The number of anilines is 1. The van der Waals surface area contributed by atoms with Crippen LogP contribution in [0, 0.1) is 5.82 Å². The predicted octanol–water partition coefficient (Wildman–Crippen LogP) is 3.82. The minimum Gasteiger partial charge on any atom is -0.492 e. The highest BCUT2D eigenvalue weighted by Crippen LogP contribution is 2.28. The van der Waals surface area contributed by atoms with E-state index >= 15 is 0 Å². The molecule has 8 heteroatoms. The molecule has 0 aliphatic heterocycles. The monoisotopic (exact) mass is 404 g/mol. The highest BCUT2D eigenvalue weighted by molar-refractivity contribution is 9.10. The molecule has 25 heavy (non-hydrogen) atoms. The molecule has 3 aromatic rings. The van der Waals surface area contributed by atoms with Gasteiger partial charge >= 0.3 is 0 Å². The van der Waals surface area contributed by atoms with Crippen LogP contribution in [0.4, 0.5) is 10.1 Å². The molecule has 0 saturated heterocycles. The molecule has 1 N–H and O–H groups in total. The first-order valence-electron chi connectivity index (χ1n) is 7.49. The summed E-state index contributed by atoms with van der Waals surface area (Å²) in [6.45, 7) is 2.34. The molecule has 1 aromatic heterocycles. The van der Waals surface area contributed by atoms with E-state index in [2.05, 4.69) is 31.6 Å². The summed E-state index contributed by atoms with van der Waals surface area (Å²) in [6.07, 6.45) is 1.47. The highest BCUT2D eigenvalue weighted by Gasteiger charge is 2.14. The SMILES string of the molecule is CCOc1ccc(Br)cc1NC(=O)c1cn(-c2ccc(F)cc2)nn1. The molecule has 1 heterocycles. The van der Waals surface area contributed by atoms with E-state index in [-0.39, 0.29) is 11.5 Å². The average molecular weight is 405 g/mol. The van der Waals surface area contributed by atoms with Crippen molar-refractivity contribution in [3.63, 3.8) is 0 Å². The van der Waals surface area contributed by atoms with Gasteiger partial charge in [-0.05, 0) is 49.4 Å². The number of aromatic nitrogens is 3. The number of benzene rings is 2. The summed E-state index contributed by atoms with van der Waals surface area (Å²) in [7, 11) is 0. The molecule has 0 radical (unpaired) electrons. The van der Waals surface area contributed by atoms with Crippen molar-refractivity contribution in [1.29, 1.82) is 0 Å². The molecule has 0 atom stereocenters. The molecule has 3 rings (SSSR count). The minimum atomic E-state index is -0.424. The van der Waals surface area contributed by atoms with Gasteiger partial charge in [-0.3, -0.25) is 4.79 Å². The Morgan fingerprint density at radius 2 is 2.04 bits per heavy atom. The van der Waals surface area contributed by atoms with Gasteiger partial charge in [-0.1, -0.05) is 21.1 Å². The van der Waals surface area contributed by atoms with E-state index in [0.717, 1.165) is 4.47 Å². The van der Waals surface area contributed by atoms with Crippen LogP contribution in [0.3, 0.4) is 0 Å². The molecule has 0 unspecified atom stereocenters. The summed E-state index contributed by atoms with van der Waals surface area (Å²) in [5.74, 6) is -0.211. The maximum Gasteiger partial charge on any atom is 0.277 e. The summed E-state index contributed by atoms with van der Waals surface area (Å²) < 4.78 is 20.7. The van der Waals surface area contributed by atoms with Crippen molar-refractivity contribution in [1.82, 2.24) is 15.0 Å². The molecular weight excluding hydrogens is 391 g/mol. The van der Waals surface area contributed by atoms with Crippen molar-refractivity contribution in [3.05, 3.63) is 64.6 Å². The zero-order valence-corrected chi connectivity index (χ0v) is 14.8. The average Bonchev–Trinajstić information content (AvgIpc) is 3.08. The van der Waals surface area contributed by atoms with Crippen LogP contribution in [0.2, 0.25) is 0 Å². The molecule has 0 aliphatic carbocycles. The van der Waals surface area contributed by atoms with Crippen molar-refractivity contribution in [2.75, 3.05) is 11.9 Å². The van der Waals surface area contributed by atoms with Crippen LogP contribution in [-0.4, -0.2) is 27.5 Å². The summed E-state index contributed by atoms with van der Waals surface area (Å²) in [5, 5.41) is 10.5. The molecule has 1 amide bonds. The van der Waals surface area contributed by atoms with Crippen LogP contribution in [0.15, 0.2) is 53.1 Å². The lowest BCUT2D eigenvalue weighted by Crippen LogP contribution is -2.13. The van der Waals surface area contributed by atoms with E-state index < -0.39 is 5.91 Å². The maximum atomic E-state index is 13.0. The molecule has 0 aliphatic rings. The lowest BCUT2D eigenvalue weighted by molar-refractivity contribution is 0.102. The fraction of sp³-hybridized carbons (Fsp3) is 0.118. The Morgan fingerprint density at radius 1 is 1.28 bits per heavy atom. The highest BCUT2D eigenvalue weighted by atomic mass is 79.9. The van der Waals surface area contributed by atoms with Gasteiger partial charge in [-0.25, -0.2) is 9.07 Å². The third-order valence-electron chi connectivity index (χ3n) is 3.31. The Morgan fingerprint density at radius 3 is 2.76 bits per heavy atom. The molecule has 0 bridgehead atoms. The predicted molar refractivity (Wildman–Crippen MR) is 94.6 cm³/mol. The van der Waals surface area contributed by atoms with Crippen molar-refractivity contribution in [2.45, 2.75) is 6.92 Å². The molecule has 128 valence electrons. The quantitative estimate of drug-likeness (QED) is 0.701. The second kappa shape index (κ2) is 7.43. The van der Waals surface area contributed by atoms with Gasteiger partial charge in [0, 0.05) is 4.47 Å². The molecule has 2 aromatic carbocycles. The van der Waals surface area contributed by atoms with Gasteiger partial charge in [0.05, 0.1) is 24.2 Å². The van der Waals surface area contributed by atoms with Gasteiger partial charge in [0.15, 0.2) is 5.69 Å². The molecule has 0 fully saturated rings. The van der Waals surface area contributed by atoms with Crippen LogP contribution in [0.5, 0.6) is 5.75 Å². The van der Waals surface area contributed by atoms with Crippen molar-refractivity contribution < 1.29 is 13.9 Å². The van der Waals surface area contributed by atoms with E-state index in [1.807, 2.05) is 13.0 Å². The van der Waals surface area contributed by atoms with Gasteiger partial charge in [0.25, 0.3) is 5.91 Å². The number of nitrogens with zero attached hydrogens (tertiary/aromatic N) is 3. The fourth-order valence-corrected chi connectivity index (χ4v) is 2.52. The Kier molecular flexibility index (Phi) is 5.08. The first kappa shape index (κ1) is 17.1. The van der Waals surface area contributed by atoms with Crippen molar-refractivity contribution >= 4 is 27.5 Å². The van der Waals surface area contributed by atoms with Crippen molar-refractivity contribution in [3.8, 4) is 11.4 Å². The first-order chi connectivity index (χ1) is 12.1. The number of nitrogens with one attached hydrogen (secondary N) is 1. The minimum absolute atomic E-state index is 0.131. The summed E-state index contributed by atoms with van der Waals surface area (Å²) in [6, 6.07) is 11.1. The van der Waals surface area contributed by atoms with E-state index in [9.17, 15) is 9.18 Å². The molecular formula is C17H14BrFN4O2. The lowest BCUT2D eigenvalue weighted by atomic mass is 10.3. The van der Waals surface area contributed by atoms with Gasteiger partial charge in [-0.15, -0.1) is 5.10 Å². The Hall–Kier alpha value is -2.74. The largest absolute Gasteiger partial charge is 0.492 e. The number of halogens is 2. The first-order valence-corrected chi connectivity index (χ1v) is 8.28. The lowest BCUT2D eigenvalue weighted by Gasteiger charge is -2.11. The Bertz CT molecular complexity index is 896. The van der Waals surface area contributed by atoms with E-state index in [4.69, 9.17) is 4.74 Å². The zero-order valence-electron chi connectivity index (χ0n) is 13.2. The van der Waals surface area contributed by atoms with E-state index in [0.29, 0.717) is 23.7 Å². The summed E-state index contributed by atoms with van der Waals surface area (Å²) >= 11 is 3.36. The third kappa shape index (κ3) is 4.03. The molecule has 0 saturated carbocycles. The van der Waals surface area contributed by atoms with Crippen LogP contribution in [0.25, 0.3) is 5.69 Å². The van der Waals surface area contributed by atoms with Crippen LogP contribution in [-0.2, 0) is 0 Å². The number of carbonyl (C=O) groups is 1. The normalized spacial score (nSPS) is 10.5. The summed E-state index contributed by atoms with van der Waals surface area (Å²) in [5.41, 5.74) is 1.26. The molecule has 0 spiro atoms. The van der Waals surface area contributed by atoms with Crippen LogP contribution in [0.1, 0.15) is 17.4 Å². The topological polar surface area (TPSA) is 69.0 Å². The van der Waals surface area contributed by atoms with Gasteiger partial charge in [-0.2, -0.15) is 0 Å². The van der Waals surface area contributed by atoms with E-state index in [1.54, 1.807) is 24.3 Å². The molecule has 6 nitrogen and oxygen atoms in total. The second-order valence-corrected chi connectivity index (χ2v) is 5.97. The number of rotatable bonds is 5. The maximum absolute atomic E-state index is 13.0. The van der Waals surface area contributed by atoms with Gasteiger partial charge in [0.2, 0.25) is 0 Å². The number of hydrogen-bond donors (Lipinski definition) is 1. The second-order valence-electron chi connectivity index (χ2n) is 5.05. The number of hydrogen-bond acceptors (Lipinski definition) is 4. The number of ether oxygens (including phenoxy) is 1. The van der Waals surface area contributed by atoms with Crippen LogP contribution >= 0.6 is 15.9 Å². The summed E-state index contributed by atoms with van der Waals surface area (Å²) in [4.78, 5) is 12.4. The zero-order chi connectivity index (χ0) is 17.8. The number of carbonyl (C=O) groups excluding carboxylic acids is 1. The Balaban J connectivity index is 1.81. The fourth-order valence-electron chi connectivity index (χ4n) is 2.16.